The molecule has 2 atom stereocenters. The van der Waals surface area contributed by atoms with Crippen LogP contribution in [0.5, 0.6) is 0 Å². The number of para-hydroxylation sites is 1. The molecule has 1 aromatic heterocycles. The molecule has 1 aromatic carbocycles. The van der Waals surface area contributed by atoms with Gasteiger partial charge in [-0.1, -0.05) is 32.0 Å². The van der Waals surface area contributed by atoms with Crippen molar-refractivity contribution >= 4 is 11.6 Å². The molecule has 0 saturated carbocycles. The van der Waals surface area contributed by atoms with Crippen LogP contribution in [0.3, 0.4) is 0 Å². The fourth-order valence-electron chi connectivity index (χ4n) is 3.49. The first kappa shape index (κ1) is 16.7. The summed E-state index contributed by atoms with van der Waals surface area (Å²) < 4.78 is 1.79. The van der Waals surface area contributed by atoms with Gasteiger partial charge >= 0.3 is 0 Å². The topological polar surface area (TPSA) is 59.0 Å². The molecule has 2 heterocycles. The highest BCUT2D eigenvalue weighted by Crippen LogP contribution is 2.32. The molecule has 1 aliphatic heterocycles. The number of nitrogens with one attached hydrogen (secondary N) is 2. The van der Waals surface area contributed by atoms with Crippen LogP contribution in [-0.2, 0) is 11.8 Å². The summed E-state index contributed by atoms with van der Waals surface area (Å²) in [5.74, 6) is 0.556. The molecule has 0 spiro atoms. The molecule has 5 heteroatoms. The van der Waals surface area contributed by atoms with E-state index in [-0.39, 0.29) is 17.7 Å². The van der Waals surface area contributed by atoms with Crippen molar-refractivity contribution in [3.8, 4) is 0 Å². The van der Waals surface area contributed by atoms with Crippen molar-refractivity contribution in [2.24, 2.45) is 13.0 Å². The minimum atomic E-state index is -0.0752. The predicted octanol–water partition coefficient (Wildman–Crippen LogP) is 2.79. The monoisotopic (exact) mass is 326 g/mol. The van der Waals surface area contributed by atoms with Crippen molar-refractivity contribution in [1.29, 1.82) is 0 Å². The minimum absolute atomic E-state index is 0.0752. The molecule has 3 rings (SSSR count). The third-order valence-electron chi connectivity index (χ3n) is 4.88. The number of hydrogen-bond acceptors (Lipinski definition) is 3. The Morgan fingerprint density at radius 1 is 1.38 bits per heavy atom. The van der Waals surface area contributed by atoms with Crippen LogP contribution in [0.1, 0.15) is 42.4 Å². The Morgan fingerprint density at radius 3 is 2.83 bits per heavy atom. The van der Waals surface area contributed by atoms with Gasteiger partial charge < -0.3 is 10.6 Å². The number of carbonyl (C=O) groups excluding carboxylic acids is 1. The van der Waals surface area contributed by atoms with Crippen molar-refractivity contribution in [2.45, 2.75) is 32.6 Å². The van der Waals surface area contributed by atoms with Crippen molar-refractivity contribution < 1.29 is 4.79 Å². The molecular formula is C19H26N4O. The van der Waals surface area contributed by atoms with Gasteiger partial charge in [-0.3, -0.25) is 9.48 Å². The van der Waals surface area contributed by atoms with E-state index in [1.807, 2.05) is 32.4 Å². The van der Waals surface area contributed by atoms with Gasteiger partial charge in [-0.2, -0.15) is 5.10 Å². The summed E-state index contributed by atoms with van der Waals surface area (Å²) in [6, 6.07) is 6.20. The van der Waals surface area contributed by atoms with Crippen LogP contribution in [0.25, 0.3) is 0 Å². The molecule has 1 amide bonds. The van der Waals surface area contributed by atoms with Crippen LogP contribution in [0, 0.1) is 12.8 Å². The summed E-state index contributed by atoms with van der Waals surface area (Å²) in [5.41, 5.74) is 4.39. The number of aryl methyl sites for hydroxylation is 2. The van der Waals surface area contributed by atoms with Crippen LogP contribution >= 0.6 is 0 Å². The zero-order valence-corrected chi connectivity index (χ0v) is 14.8. The largest absolute Gasteiger partial charge is 0.325 e. The van der Waals surface area contributed by atoms with E-state index in [2.05, 4.69) is 41.7 Å². The van der Waals surface area contributed by atoms with Gasteiger partial charge in [-0.15, -0.1) is 0 Å². The first-order valence-electron chi connectivity index (χ1n) is 8.57. The number of rotatable bonds is 4. The maximum absolute atomic E-state index is 13.0. The second kappa shape index (κ2) is 6.77. The van der Waals surface area contributed by atoms with E-state index in [1.54, 1.807) is 4.68 Å². The van der Waals surface area contributed by atoms with Gasteiger partial charge in [-0.25, -0.2) is 0 Å². The lowest BCUT2D eigenvalue weighted by Crippen LogP contribution is -2.28. The number of nitrogens with zero attached hydrogens (tertiary/aromatic N) is 2. The summed E-state index contributed by atoms with van der Waals surface area (Å²) in [7, 11) is 1.91. The normalized spacial score (nSPS) is 20.5. The quantitative estimate of drug-likeness (QED) is 0.908. The van der Waals surface area contributed by atoms with Gasteiger partial charge in [0.2, 0.25) is 5.91 Å². The fourth-order valence-corrected chi connectivity index (χ4v) is 3.49. The Hall–Kier alpha value is -2.14. The Labute approximate surface area is 143 Å². The highest BCUT2D eigenvalue weighted by atomic mass is 16.2. The molecule has 2 aromatic rings. The van der Waals surface area contributed by atoms with Crippen LogP contribution in [0.4, 0.5) is 5.69 Å². The van der Waals surface area contributed by atoms with Crippen molar-refractivity contribution in [2.75, 3.05) is 18.4 Å². The molecule has 0 bridgehead atoms. The number of aromatic nitrogens is 2. The van der Waals surface area contributed by atoms with E-state index in [0.717, 1.165) is 23.4 Å². The molecule has 1 fully saturated rings. The summed E-state index contributed by atoms with van der Waals surface area (Å²) in [6.07, 6.45) is 3.87. The second-order valence-electron chi connectivity index (χ2n) is 7.00. The Kier molecular flexibility index (Phi) is 4.71. The minimum Gasteiger partial charge on any atom is -0.325 e. The molecule has 1 aliphatic rings. The third kappa shape index (κ3) is 3.22. The molecule has 2 N–H and O–H groups in total. The zero-order valence-electron chi connectivity index (χ0n) is 14.8. The number of benzene rings is 1. The number of hydrogen-bond donors (Lipinski definition) is 2. The number of carbonyl (C=O) groups is 1. The lowest BCUT2D eigenvalue weighted by molar-refractivity contribution is -0.119. The van der Waals surface area contributed by atoms with E-state index < -0.39 is 0 Å². The van der Waals surface area contributed by atoms with Crippen molar-refractivity contribution in [3.63, 3.8) is 0 Å². The Balaban J connectivity index is 1.82. The van der Waals surface area contributed by atoms with E-state index in [1.165, 1.54) is 5.56 Å². The van der Waals surface area contributed by atoms with Crippen molar-refractivity contribution in [1.82, 2.24) is 15.1 Å². The molecule has 128 valence electrons. The lowest BCUT2D eigenvalue weighted by Gasteiger charge is -2.21. The van der Waals surface area contributed by atoms with Crippen molar-refractivity contribution in [3.05, 3.63) is 47.3 Å². The fraction of sp³-hybridized carbons (Fsp3) is 0.474. The smallest absolute Gasteiger partial charge is 0.229 e. The lowest BCUT2D eigenvalue weighted by atomic mass is 9.89. The molecule has 0 radical (unpaired) electrons. The standard InChI is InChI=1S/C19H26N4O/c1-12(2)15-7-5-6-13(3)18(15)22-19(24)17-10-20-9-16(17)14-8-21-23(4)11-14/h5-8,11-12,16-17,20H,9-10H2,1-4H3,(H,22,24)/t16-,17+/m1/s1. The summed E-state index contributed by atoms with van der Waals surface area (Å²) in [6.45, 7) is 7.87. The van der Waals surface area contributed by atoms with Gasteiger partial charge in [0.25, 0.3) is 0 Å². The molecule has 0 aliphatic carbocycles. The second-order valence-corrected chi connectivity index (χ2v) is 7.00. The molecule has 1 saturated heterocycles. The first-order chi connectivity index (χ1) is 11.5. The molecule has 0 unspecified atom stereocenters. The molecular weight excluding hydrogens is 300 g/mol. The summed E-state index contributed by atoms with van der Waals surface area (Å²) >= 11 is 0. The van der Waals surface area contributed by atoms with Gasteiger partial charge in [0.1, 0.15) is 0 Å². The first-order valence-corrected chi connectivity index (χ1v) is 8.57. The van der Waals surface area contributed by atoms with Gasteiger partial charge in [0, 0.05) is 37.9 Å². The molecule has 24 heavy (non-hydrogen) atoms. The highest BCUT2D eigenvalue weighted by molar-refractivity contribution is 5.95. The van der Waals surface area contributed by atoms with Gasteiger partial charge in [0.15, 0.2) is 0 Å². The number of amides is 1. The predicted molar refractivity (Wildman–Crippen MR) is 96.2 cm³/mol. The summed E-state index contributed by atoms with van der Waals surface area (Å²) in [4.78, 5) is 13.0. The summed E-state index contributed by atoms with van der Waals surface area (Å²) in [5, 5.41) is 10.8. The molecule has 5 nitrogen and oxygen atoms in total. The zero-order chi connectivity index (χ0) is 17.3. The third-order valence-corrected chi connectivity index (χ3v) is 4.88. The van der Waals surface area contributed by atoms with Crippen LogP contribution in [0.15, 0.2) is 30.6 Å². The van der Waals surface area contributed by atoms with E-state index in [4.69, 9.17) is 0 Å². The van der Waals surface area contributed by atoms with E-state index >= 15 is 0 Å². The van der Waals surface area contributed by atoms with Crippen LogP contribution in [-0.4, -0.2) is 28.8 Å². The van der Waals surface area contributed by atoms with E-state index in [0.29, 0.717) is 12.5 Å². The highest BCUT2D eigenvalue weighted by Gasteiger charge is 2.35. The van der Waals surface area contributed by atoms with Gasteiger partial charge in [-0.05, 0) is 29.5 Å². The maximum Gasteiger partial charge on any atom is 0.229 e. The van der Waals surface area contributed by atoms with Crippen LogP contribution in [0.2, 0.25) is 0 Å². The average molecular weight is 326 g/mol. The van der Waals surface area contributed by atoms with Gasteiger partial charge in [0.05, 0.1) is 12.1 Å². The van der Waals surface area contributed by atoms with Crippen LogP contribution < -0.4 is 10.6 Å². The maximum atomic E-state index is 13.0. The SMILES string of the molecule is Cc1cccc(C(C)C)c1NC(=O)[C@H]1CNC[C@@H]1c1cnn(C)c1. The number of anilines is 1. The average Bonchev–Trinajstić information content (AvgIpc) is 3.17. The Bertz CT molecular complexity index is 735. The van der Waals surface area contributed by atoms with E-state index in [9.17, 15) is 4.79 Å². The Morgan fingerprint density at radius 2 is 2.17 bits per heavy atom.